The highest BCUT2D eigenvalue weighted by Gasteiger charge is 2.42. The molecule has 5 nitrogen and oxygen atoms in total. The van der Waals surface area contributed by atoms with Crippen LogP contribution in [0.5, 0.6) is 0 Å². The molecule has 0 radical (unpaired) electrons. The van der Waals surface area contributed by atoms with E-state index in [0.717, 1.165) is 82.2 Å². The number of para-hydroxylation sites is 1. The van der Waals surface area contributed by atoms with Crippen LogP contribution in [0.2, 0.25) is 0 Å². The number of fused-ring (bicyclic) bond motifs is 7. The standard InChI is InChI=1S/C51H33N4OP/c56-57(40-18-8-3-9-19-40)46-23-13-11-20-41(46)42-32-33-45-47(48(42)57)43-21-10-12-22-44(43)55(45)51-53-49(38-28-24-36(25-29-38)34-14-4-1-5-15-34)52-50(54-51)39-30-26-37(27-31-39)35-16-6-2-7-17-35/h1-33H. The van der Waals surface area contributed by atoms with Crippen molar-refractivity contribution in [3.63, 3.8) is 0 Å². The maximum absolute atomic E-state index is 16.0. The molecule has 268 valence electrons. The van der Waals surface area contributed by atoms with Gasteiger partial charge in [0.2, 0.25) is 5.95 Å². The molecule has 0 amide bonds. The number of nitrogens with zero attached hydrogens (tertiary/aromatic N) is 4. The van der Waals surface area contributed by atoms with Gasteiger partial charge in [0.05, 0.1) is 11.0 Å². The van der Waals surface area contributed by atoms with Crippen molar-refractivity contribution in [2.24, 2.45) is 0 Å². The predicted molar refractivity (Wildman–Crippen MR) is 234 cm³/mol. The van der Waals surface area contributed by atoms with Crippen molar-refractivity contribution in [1.29, 1.82) is 0 Å². The maximum atomic E-state index is 16.0. The van der Waals surface area contributed by atoms with Crippen LogP contribution in [0.25, 0.3) is 83.9 Å². The quantitative estimate of drug-likeness (QED) is 0.159. The van der Waals surface area contributed by atoms with E-state index < -0.39 is 7.14 Å². The van der Waals surface area contributed by atoms with Gasteiger partial charge in [-0.3, -0.25) is 4.57 Å². The highest BCUT2D eigenvalue weighted by molar-refractivity contribution is 7.86. The molecule has 0 fully saturated rings. The number of hydrogen-bond donors (Lipinski definition) is 0. The van der Waals surface area contributed by atoms with Crippen LogP contribution in [-0.2, 0) is 4.57 Å². The van der Waals surface area contributed by atoms with Crippen LogP contribution in [0.3, 0.4) is 0 Å². The highest BCUT2D eigenvalue weighted by Crippen LogP contribution is 2.55. The minimum Gasteiger partial charge on any atom is -0.309 e. The van der Waals surface area contributed by atoms with E-state index in [4.69, 9.17) is 15.0 Å². The molecule has 11 rings (SSSR count). The van der Waals surface area contributed by atoms with Gasteiger partial charge in [-0.15, -0.1) is 0 Å². The fraction of sp³-hybridized carbons (Fsp3) is 0. The van der Waals surface area contributed by atoms with Gasteiger partial charge in [0.1, 0.15) is 0 Å². The molecule has 6 heteroatoms. The van der Waals surface area contributed by atoms with Gasteiger partial charge >= 0.3 is 0 Å². The molecule has 2 aromatic heterocycles. The van der Waals surface area contributed by atoms with Crippen LogP contribution in [0.4, 0.5) is 0 Å². The van der Waals surface area contributed by atoms with E-state index in [1.807, 2.05) is 72.8 Å². The normalized spacial score (nSPS) is 14.5. The Morgan fingerprint density at radius 2 is 0.877 bits per heavy atom. The fourth-order valence-electron chi connectivity index (χ4n) is 8.41. The summed E-state index contributed by atoms with van der Waals surface area (Å²) >= 11 is 0. The third kappa shape index (κ3) is 5.32. The summed E-state index contributed by atoms with van der Waals surface area (Å²) in [6.07, 6.45) is 0. The van der Waals surface area contributed by atoms with Crippen molar-refractivity contribution in [2.45, 2.75) is 0 Å². The van der Waals surface area contributed by atoms with E-state index in [1.165, 1.54) is 0 Å². The molecule has 1 unspecified atom stereocenters. The molecule has 0 saturated heterocycles. The topological polar surface area (TPSA) is 60.7 Å². The zero-order valence-corrected chi connectivity index (χ0v) is 31.6. The Morgan fingerprint density at radius 3 is 1.49 bits per heavy atom. The maximum Gasteiger partial charge on any atom is 0.238 e. The third-order valence-electron chi connectivity index (χ3n) is 11.1. The lowest BCUT2D eigenvalue weighted by molar-refractivity contribution is 0.593. The van der Waals surface area contributed by atoms with Crippen molar-refractivity contribution >= 4 is 44.9 Å². The number of rotatable bonds is 6. The van der Waals surface area contributed by atoms with Gasteiger partial charge < -0.3 is 4.57 Å². The molecule has 0 bridgehead atoms. The highest BCUT2D eigenvalue weighted by atomic mass is 31.2. The monoisotopic (exact) mass is 748 g/mol. The largest absolute Gasteiger partial charge is 0.309 e. The summed E-state index contributed by atoms with van der Waals surface area (Å²) in [7, 11) is -3.27. The first-order valence-corrected chi connectivity index (χ1v) is 20.8. The van der Waals surface area contributed by atoms with Crippen LogP contribution in [-0.4, -0.2) is 19.5 Å². The fourth-order valence-corrected chi connectivity index (χ4v) is 11.7. The zero-order chi connectivity index (χ0) is 37.9. The third-order valence-corrected chi connectivity index (χ3v) is 14.3. The summed E-state index contributed by atoms with van der Waals surface area (Å²) in [4.78, 5) is 15.6. The minimum absolute atomic E-state index is 0.491. The molecule has 0 spiro atoms. The number of benzene rings is 8. The summed E-state index contributed by atoms with van der Waals surface area (Å²) in [5.74, 6) is 1.62. The van der Waals surface area contributed by atoms with Crippen LogP contribution < -0.4 is 15.9 Å². The summed E-state index contributed by atoms with van der Waals surface area (Å²) in [5, 5.41) is 4.51. The lowest BCUT2D eigenvalue weighted by Gasteiger charge is -2.17. The van der Waals surface area contributed by atoms with E-state index in [-0.39, 0.29) is 0 Å². The molecular formula is C51H33N4OP. The molecule has 1 aliphatic heterocycles. The van der Waals surface area contributed by atoms with E-state index in [0.29, 0.717) is 17.6 Å². The van der Waals surface area contributed by atoms with E-state index in [1.54, 1.807) is 0 Å². The molecule has 10 aromatic rings. The van der Waals surface area contributed by atoms with Crippen molar-refractivity contribution < 1.29 is 4.57 Å². The van der Waals surface area contributed by atoms with E-state index in [9.17, 15) is 0 Å². The summed E-state index contributed by atoms with van der Waals surface area (Å²) in [6, 6.07) is 68.2. The van der Waals surface area contributed by atoms with Crippen LogP contribution >= 0.6 is 7.14 Å². The molecule has 57 heavy (non-hydrogen) atoms. The molecule has 8 aromatic carbocycles. The second-order valence-electron chi connectivity index (χ2n) is 14.3. The van der Waals surface area contributed by atoms with Crippen molar-refractivity contribution in [1.82, 2.24) is 19.5 Å². The van der Waals surface area contributed by atoms with Crippen LogP contribution in [0.1, 0.15) is 0 Å². The Morgan fingerprint density at radius 1 is 0.386 bits per heavy atom. The molecule has 1 aliphatic rings. The molecule has 0 saturated carbocycles. The van der Waals surface area contributed by atoms with Gasteiger partial charge in [0, 0.05) is 37.8 Å². The Bertz CT molecular complexity index is 3080. The van der Waals surface area contributed by atoms with Crippen LogP contribution in [0, 0.1) is 0 Å². The summed E-state index contributed by atoms with van der Waals surface area (Å²) in [5.41, 5.74) is 10.1. The second-order valence-corrected chi connectivity index (χ2v) is 17.0. The Hall–Kier alpha value is -7.20. The predicted octanol–water partition coefficient (Wildman–Crippen LogP) is 11.3. The average molecular weight is 749 g/mol. The van der Waals surface area contributed by atoms with Gasteiger partial charge in [-0.1, -0.05) is 188 Å². The Kier molecular flexibility index (Phi) is 7.70. The smallest absolute Gasteiger partial charge is 0.238 e. The average Bonchev–Trinajstić information content (AvgIpc) is 3.77. The first kappa shape index (κ1) is 33.2. The Labute approximate surface area is 330 Å². The van der Waals surface area contributed by atoms with Gasteiger partial charge in [0.25, 0.3) is 0 Å². The van der Waals surface area contributed by atoms with Gasteiger partial charge in [0.15, 0.2) is 18.8 Å². The SMILES string of the molecule is O=P1(c2ccccc2)c2ccccc2-c2ccc3c(c21)c1ccccc1n3-c1nc(-c2ccc(-c3ccccc3)cc2)nc(-c2ccc(-c3ccccc3)cc2)n1. The Balaban J connectivity index is 1.15. The summed E-state index contributed by atoms with van der Waals surface area (Å²) in [6.45, 7) is 0. The molecule has 1 atom stereocenters. The summed E-state index contributed by atoms with van der Waals surface area (Å²) < 4.78 is 18.1. The van der Waals surface area contributed by atoms with Crippen molar-refractivity contribution in [3.05, 3.63) is 200 Å². The van der Waals surface area contributed by atoms with E-state index in [2.05, 4.69) is 132 Å². The van der Waals surface area contributed by atoms with Crippen LogP contribution in [0.15, 0.2) is 200 Å². The molecule has 3 heterocycles. The molecule has 0 aliphatic carbocycles. The first-order chi connectivity index (χ1) is 28.1. The van der Waals surface area contributed by atoms with Gasteiger partial charge in [-0.05, 0) is 45.5 Å². The lowest BCUT2D eigenvalue weighted by Crippen LogP contribution is -2.21. The lowest BCUT2D eigenvalue weighted by atomic mass is 10.0. The van der Waals surface area contributed by atoms with E-state index >= 15 is 4.57 Å². The van der Waals surface area contributed by atoms with Crippen molar-refractivity contribution in [3.8, 4) is 62.1 Å². The van der Waals surface area contributed by atoms with Gasteiger partial charge in [-0.25, -0.2) is 4.98 Å². The van der Waals surface area contributed by atoms with Crippen molar-refractivity contribution in [2.75, 3.05) is 0 Å². The minimum atomic E-state index is -3.27. The second kappa shape index (κ2) is 13.2. The van der Waals surface area contributed by atoms with Gasteiger partial charge in [-0.2, -0.15) is 9.97 Å². The number of hydrogen-bond acceptors (Lipinski definition) is 4. The molecular weight excluding hydrogens is 716 g/mol. The number of aromatic nitrogens is 4. The first-order valence-electron chi connectivity index (χ1n) is 19.1. The molecule has 0 N–H and O–H groups in total. The zero-order valence-electron chi connectivity index (χ0n) is 30.7.